The first-order valence-corrected chi connectivity index (χ1v) is 6.60. The van der Waals surface area contributed by atoms with Crippen LogP contribution < -0.4 is 10.6 Å². The lowest BCUT2D eigenvalue weighted by atomic mass is 10.1. The van der Waals surface area contributed by atoms with Crippen LogP contribution >= 0.6 is 0 Å². The van der Waals surface area contributed by atoms with Gasteiger partial charge in [-0.2, -0.15) is 0 Å². The van der Waals surface area contributed by atoms with Crippen LogP contribution in [0.15, 0.2) is 24.3 Å². The van der Waals surface area contributed by atoms with Crippen LogP contribution in [0.4, 0.5) is 5.69 Å². The van der Waals surface area contributed by atoms with Gasteiger partial charge in [0.05, 0.1) is 0 Å². The van der Waals surface area contributed by atoms with Crippen molar-refractivity contribution in [3.05, 3.63) is 29.8 Å². The second kappa shape index (κ2) is 6.33. The Kier molecular flexibility index (Phi) is 4.52. The molecule has 0 radical (unpaired) electrons. The summed E-state index contributed by atoms with van der Waals surface area (Å²) < 4.78 is 0. The summed E-state index contributed by atoms with van der Waals surface area (Å²) in [5.41, 5.74) is 1.30. The van der Waals surface area contributed by atoms with Gasteiger partial charge in [0.2, 0.25) is 5.91 Å². The predicted octanol–water partition coefficient (Wildman–Crippen LogP) is 1.08. The maximum absolute atomic E-state index is 12.3. The van der Waals surface area contributed by atoms with Crippen LogP contribution in [0.2, 0.25) is 0 Å². The molecule has 1 saturated heterocycles. The molecule has 19 heavy (non-hydrogen) atoms. The lowest BCUT2D eigenvalue weighted by Gasteiger charge is -2.27. The van der Waals surface area contributed by atoms with Gasteiger partial charge in [-0.25, -0.2) is 0 Å². The Labute approximate surface area is 113 Å². The summed E-state index contributed by atoms with van der Waals surface area (Å²) in [5.74, 6) is -0.0270. The van der Waals surface area contributed by atoms with E-state index in [1.165, 1.54) is 0 Å². The Morgan fingerprint density at radius 3 is 2.74 bits per heavy atom. The van der Waals surface area contributed by atoms with E-state index in [9.17, 15) is 9.59 Å². The lowest BCUT2D eigenvalue weighted by Crippen LogP contribution is -2.46. The Bertz CT molecular complexity index is 468. The zero-order valence-corrected chi connectivity index (χ0v) is 11.1. The van der Waals surface area contributed by atoms with E-state index in [0.29, 0.717) is 17.7 Å². The maximum Gasteiger partial charge on any atom is 0.254 e. The molecule has 1 fully saturated rings. The number of amides is 2. The first kappa shape index (κ1) is 13.5. The van der Waals surface area contributed by atoms with Gasteiger partial charge >= 0.3 is 0 Å². The van der Waals surface area contributed by atoms with Gasteiger partial charge in [-0.1, -0.05) is 13.0 Å². The fraction of sp³-hybridized carbons (Fsp3) is 0.429. The molecule has 1 aliphatic heterocycles. The van der Waals surface area contributed by atoms with Crippen LogP contribution in [0.1, 0.15) is 23.7 Å². The minimum absolute atomic E-state index is 0.0223. The largest absolute Gasteiger partial charge is 0.336 e. The van der Waals surface area contributed by atoms with Gasteiger partial charge in [0.1, 0.15) is 0 Å². The van der Waals surface area contributed by atoms with Crippen molar-refractivity contribution in [2.75, 3.05) is 31.5 Å². The molecule has 0 atom stereocenters. The number of nitrogens with one attached hydrogen (secondary N) is 2. The molecule has 1 aliphatic rings. The fourth-order valence-electron chi connectivity index (χ4n) is 2.03. The molecule has 0 saturated carbocycles. The molecule has 5 heteroatoms. The van der Waals surface area contributed by atoms with E-state index < -0.39 is 0 Å². The second-order valence-corrected chi connectivity index (χ2v) is 4.52. The molecule has 5 nitrogen and oxygen atoms in total. The third-order valence-corrected chi connectivity index (χ3v) is 3.12. The molecule has 1 heterocycles. The van der Waals surface area contributed by atoms with Crippen molar-refractivity contribution in [3.63, 3.8) is 0 Å². The average molecular weight is 261 g/mol. The summed E-state index contributed by atoms with van der Waals surface area (Å²) in [4.78, 5) is 25.5. The number of benzene rings is 1. The van der Waals surface area contributed by atoms with Crippen LogP contribution in [-0.2, 0) is 4.79 Å². The van der Waals surface area contributed by atoms with Crippen molar-refractivity contribution < 1.29 is 9.59 Å². The molecule has 2 rings (SSSR count). The van der Waals surface area contributed by atoms with Gasteiger partial charge in [0, 0.05) is 43.9 Å². The smallest absolute Gasteiger partial charge is 0.254 e. The van der Waals surface area contributed by atoms with Crippen LogP contribution in [0.3, 0.4) is 0 Å². The summed E-state index contributed by atoms with van der Waals surface area (Å²) in [6.45, 7) is 4.91. The van der Waals surface area contributed by atoms with E-state index in [1.54, 1.807) is 31.2 Å². The molecular weight excluding hydrogens is 242 g/mol. The van der Waals surface area contributed by atoms with Gasteiger partial charge in [-0.05, 0) is 18.2 Å². The summed E-state index contributed by atoms with van der Waals surface area (Å²) in [6, 6.07) is 7.10. The summed E-state index contributed by atoms with van der Waals surface area (Å²) in [7, 11) is 0. The molecule has 0 spiro atoms. The summed E-state index contributed by atoms with van der Waals surface area (Å²) in [5, 5.41) is 5.98. The fourth-order valence-corrected chi connectivity index (χ4v) is 2.03. The highest BCUT2D eigenvalue weighted by Gasteiger charge is 2.18. The zero-order valence-electron chi connectivity index (χ0n) is 11.1. The Morgan fingerprint density at radius 2 is 2.05 bits per heavy atom. The van der Waals surface area contributed by atoms with Crippen molar-refractivity contribution >= 4 is 17.5 Å². The van der Waals surface area contributed by atoms with Crippen LogP contribution in [0.5, 0.6) is 0 Å². The molecular formula is C14H19N3O2. The van der Waals surface area contributed by atoms with Gasteiger partial charge in [-0.3, -0.25) is 9.59 Å². The molecule has 2 N–H and O–H groups in total. The van der Waals surface area contributed by atoms with Gasteiger partial charge in [0.25, 0.3) is 5.91 Å². The Hall–Kier alpha value is -1.88. The molecule has 0 aliphatic carbocycles. The number of carbonyl (C=O) groups is 2. The van der Waals surface area contributed by atoms with Gasteiger partial charge in [0.15, 0.2) is 0 Å². The van der Waals surface area contributed by atoms with Crippen molar-refractivity contribution in [1.82, 2.24) is 10.2 Å². The quantitative estimate of drug-likeness (QED) is 0.856. The molecule has 0 unspecified atom stereocenters. The Balaban J connectivity index is 2.09. The van der Waals surface area contributed by atoms with Crippen molar-refractivity contribution in [2.45, 2.75) is 13.3 Å². The van der Waals surface area contributed by atoms with Gasteiger partial charge in [-0.15, -0.1) is 0 Å². The first-order valence-electron chi connectivity index (χ1n) is 6.60. The molecule has 0 bridgehead atoms. The number of anilines is 1. The standard InChI is InChI=1S/C14H19N3O2/c1-2-13(18)16-12-5-3-4-11(10-12)14(19)17-8-6-15-7-9-17/h3-5,10,15H,2,6-9H2,1H3,(H,16,18). The van der Waals surface area contributed by atoms with Crippen LogP contribution in [0.25, 0.3) is 0 Å². The van der Waals surface area contributed by atoms with Crippen molar-refractivity contribution in [1.29, 1.82) is 0 Å². The van der Waals surface area contributed by atoms with E-state index >= 15 is 0 Å². The average Bonchev–Trinajstić information content (AvgIpc) is 2.47. The molecule has 102 valence electrons. The molecule has 1 aromatic rings. The van der Waals surface area contributed by atoms with Crippen LogP contribution in [0, 0.1) is 0 Å². The Morgan fingerprint density at radius 1 is 1.32 bits per heavy atom. The monoisotopic (exact) mass is 261 g/mol. The predicted molar refractivity (Wildman–Crippen MR) is 74.1 cm³/mol. The number of hydrogen-bond acceptors (Lipinski definition) is 3. The van der Waals surface area contributed by atoms with E-state index in [2.05, 4.69) is 10.6 Å². The number of piperazine rings is 1. The number of rotatable bonds is 3. The second-order valence-electron chi connectivity index (χ2n) is 4.52. The minimum atomic E-state index is -0.0493. The van der Waals surface area contributed by atoms with E-state index in [0.717, 1.165) is 26.2 Å². The third kappa shape index (κ3) is 3.54. The zero-order chi connectivity index (χ0) is 13.7. The highest BCUT2D eigenvalue weighted by molar-refractivity contribution is 5.97. The van der Waals surface area contributed by atoms with Crippen molar-refractivity contribution in [3.8, 4) is 0 Å². The summed E-state index contributed by atoms with van der Waals surface area (Å²) in [6.07, 6.45) is 0.427. The maximum atomic E-state index is 12.3. The number of carbonyl (C=O) groups excluding carboxylic acids is 2. The highest BCUT2D eigenvalue weighted by atomic mass is 16.2. The lowest BCUT2D eigenvalue weighted by molar-refractivity contribution is -0.115. The SMILES string of the molecule is CCC(=O)Nc1cccc(C(=O)N2CCNCC2)c1. The number of nitrogens with zero attached hydrogens (tertiary/aromatic N) is 1. The minimum Gasteiger partial charge on any atom is -0.336 e. The normalized spacial score (nSPS) is 15.1. The van der Waals surface area contributed by atoms with E-state index in [1.807, 2.05) is 4.90 Å². The highest BCUT2D eigenvalue weighted by Crippen LogP contribution is 2.13. The van der Waals surface area contributed by atoms with Crippen LogP contribution in [-0.4, -0.2) is 42.9 Å². The third-order valence-electron chi connectivity index (χ3n) is 3.12. The van der Waals surface area contributed by atoms with E-state index in [-0.39, 0.29) is 11.8 Å². The molecule has 0 aromatic heterocycles. The number of hydrogen-bond donors (Lipinski definition) is 2. The topological polar surface area (TPSA) is 61.4 Å². The van der Waals surface area contributed by atoms with Crippen molar-refractivity contribution in [2.24, 2.45) is 0 Å². The molecule has 2 amide bonds. The first-order chi connectivity index (χ1) is 9.20. The van der Waals surface area contributed by atoms with Gasteiger partial charge < -0.3 is 15.5 Å². The molecule has 1 aromatic carbocycles. The summed E-state index contributed by atoms with van der Waals surface area (Å²) >= 11 is 0. The van der Waals surface area contributed by atoms with E-state index in [4.69, 9.17) is 0 Å².